The van der Waals surface area contributed by atoms with Crippen molar-refractivity contribution in [3.05, 3.63) is 53.6 Å². The third-order valence-corrected chi connectivity index (χ3v) is 5.44. The maximum atomic E-state index is 12.5. The summed E-state index contributed by atoms with van der Waals surface area (Å²) in [5, 5.41) is 3.17. The maximum absolute atomic E-state index is 12.5. The number of fused-ring (bicyclic) bond motifs is 1. The predicted molar refractivity (Wildman–Crippen MR) is 94.1 cm³/mol. The summed E-state index contributed by atoms with van der Waals surface area (Å²) < 4.78 is 2.18. The van der Waals surface area contributed by atoms with E-state index < -0.39 is 0 Å². The monoisotopic (exact) mass is 323 g/mol. The van der Waals surface area contributed by atoms with Gasteiger partial charge >= 0.3 is 0 Å². The van der Waals surface area contributed by atoms with Gasteiger partial charge in [-0.2, -0.15) is 0 Å². The van der Waals surface area contributed by atoms with Crippen LogP contribution >= 0.6 is 0 Å². The van der Waals surface area contributed by atoms with Gasteiger partial charge in [-0.1, -0.05) is 49.6 Å². The second kappa shape index (κ2) is 6.80. The van der Waals surface area contributed by atoms with Crippen LogP contribution in [0.3, 0.4) is 0 Å². The van der Waals surface area contributed by atoms with Crippen LogP contribution in [0.1, 0.15) is 66.3 Å². The second-order valence-corrected chi connectivity index (χ2v) is 7.15. The molecule has 1 aromatic heterocycles. The third kappa shape index (κ3) is 3.23. The Hall–Kier alpha value is -2.10. The number of aromatic nitrogens is 2. The quantitative estimate of drug-likeness (QED) is 0.936. The van der Waals surface area contributed by atoms with Gasteiger partial charge in [0, 0.05) is 31.1 Å². The third-order valence-electron chi connectivity index (χ3n) is 5.44. The highest BCUT2D eigenvalue weighted by molar-refractivity contribution is 5.92. The summed E-state index contributed by atoms with van der Waals surface area (Å²) in [7, 11) is 0. The highest BCUT2D eigenvalue weighted by atomic mass is 16.2. The van der Waals surface area contributed by atoms with Crippen LogP contribution in [0.4, 0.5) is 0 Å². The van der Waals surface area contributed by atoms with Crippen LogP contribution in [0.15, 0.2) is 36.5 Å². The molecule has 4 heteroatoms. The lowest BCUT2D eigenvalue weighted by Gasteiger charge is -2.23. The van der Waals surface area contributed by atoms with E-state index in [9.17, 15) is 4.79 Å². The first-order valence-corrected chi connectivity index (χ1v) is 9.21. The molecule has 24 heavy (non-hydrogen) atoms. The number of carbonyl (C=O) groups excluding carboxylic acids is 1. The zero-order chi connectivity index (χ0) is 16.4. The molecule has 1 fully saturated rings. The molecule has 1 amide bonds. The van der Waals surface area contributed by atoms with Gasteiger partial charge in [0.25, 0.3) is 5.91 Å². The van der Waals surface area contributed by atoms with Gasteiger partial charge in [-0.15, -0.1) is 0 Å². The lowest BCUT2D eigenvalue weighted by Crippen LogP contribution is -2.36. The summed E-state index contributed by atoms with van der Waals surface area (Å²) in [5.41, 5.74) is 1.97. The molecule has 0 radical (unpaired) electrons. The lowest BCUT2D eigenvalue weighted by atomic mass is 9.92. The molecule has 126 valence electrons. The zero-order valence-corrected chi connectivity index (χ0v) is 14.1. The summed E-state index contributed by atoms with van der Waals surface area (Å²) >= 11 is 0. The number of aryl methyl sites for hydroxylation is 1. The Labute approximate surface area is 143 Å². The van der Waals surface area contributed by atoms with E-state index in [1.807, 2.05) is 6.20 Å². The predicted octanol–water partition coefficient (Wildman–Crippen LogP) is 3.68. The van der Waals surface area contributed by atoms with Gasteiger partial charge in [0.2, 0.25) is 0 Å². The average Bonchev–Trinajstić information content (AvgIpc) is 3.07. The molecule has 1 N–H and O–H groups in total. The van der Waals surface area contributed by atoms with E-state index >= 15 is 0 Å². The van der Waals surface area contributed by atoms with Crippen LogP contribution in [0.2, 0.25) is 0 Å². The minimum atomic E-state index is 0.0000566. The Balaban J connectivity index is 1.45. The smallest absolute Gasteiger partial charge is 0.271 e. The molecule has 0 saturated heterocycles. The SMILES string of the molecule is O=C(NC1CCCCC1)c1cn2c(n1)CC[C@@H](c1ccccc1)C2. The molecule has 1 aliphatic heterocycles. The first-order valence-electron chi connectivity index (χ1n) is 9.21. The summed E-state index contributed by atoms with van der Waals surface area (Å²) in [5.74, 6) is 1.57. The van der Waals surface area contributed by atoms with Crippen molar-refractivity contribution in [3.8, 4) is 0 Å². The van der Waals surface area contributed by atoms with Crippen molar-refractivity contribution >= 4 is 5.91 Å². The largest absolute Gasteiger partial charge is 0.348 e. The Kier molecular flexibility index (Phi) is 4.37. The Morgan fingerprint density at radius 3 is 2.67 bits per heavy atom. The molecule has 2 aliphatic rings. The standard InChI is InChI=1S/C20H25N3O/c24-20(21-17-9-5-2-6-10-17)18-14-23-13-16(11-12-19(23)22-18)15-7-3-1-4-8-15/h1,3-4,7-8,14,16-17H,2,5-6,9-13H2,(H,21,24)/t16-/m1/s1. The van der Waals surface area contributed by atoms with Crippen molar-refractivity contribution in [2.45, 2.75) is 63.5 Å². The fourth-order valence-corrected chi connectivity index (χ4v) is 4.06. The van der Waals surface area contributed by atoms with Gasteiger partial charge in [-0.25, -0.2) is 4.98 Å². The number of amides is 1. The number of nitrogens with zero attached hydrogens (tertiary/aromatic N) is 2. The van der Waals surface area contributed by atoms with E-state index in [1.165, 1.54) is 24.8 Å². The van der Waals surface area contributed by atoms with Crippen LogP contribution in [-0.4, -0.2) is 21.5 Å². The van der Waals surface area contributed by atoms with E-state index in [-0.39, 0.29) is 5.91 Å². The van der Waals surface area contributed by atoms with Crippen molar-refractivity contribution in [3.63, 3.8) is 0 Å². The van der Waals surface area contributed by atoms with E-state index in [0.29, 0.717) is 17.7 Å². The number of hydrogen-bond acceptors (Lipinski definition) is 2. The van der Waals surface area contributed by atoms with Gasteiger partial charge in [0.05, 0.1) is 0 Å². The second-order valence-electron chi connectivity index (χ2n) is 7.15. The number of nitrogens with one attached hydrogen (secondary N) is 1. The summed E-state index contributed by atoms with van der Waals surface area (Å²) in [4.78, 5) is 17.1. The molecule has 0 unspecified atom stereocenters. The van der Waals surface area contributed by atoms with Gasteiger partial charge in [-0.05, 0) is 24.8 Å². The zero-order valence-electron chi connectivity index (χ0n) is 14.1. The van der Waals surface area contributed by atoms with Crippen LogP contribution in [0.25, 0.3) is 0 Å². The molecule has 0 spiro atoms. The van der Waals surface area contributed by atoms with Crippen molar-refractivity contribution in [2.24, 2.45) is 0 Å². The van der Waals surface area contributed by atoms with Gasteiger partial charge in [0.15, 0.2) is 0 Å². The Morgan fingerprint density at radius 1 is 1.08 bits per heavy atom. The minimum Gasteiger partial charge on any atom is -0.348 e. The molecule has 0 bridgehead atoms. The molecule has 1 aliphatic carbocycles. The number of carbonyl (C=O) groups is 1. The van der Waals surface area contributed by atoms with Crippen molar-refractivity contribution < 1.29 is 4.79 Å². The summed E-state index contributed by atoms with van der Waals surface area (Å²) in [6.07, 6.45) is 9.95. The average molecular weight is 323 g/mol. The molecule has 4 rings (SSSR count). The van der Waals surface area contributed by atoms with E-state index in [2.05, 4.69) is 45.2 Å². The molecular weight excluding hydrogens is 298 g/mol. The molecule has 1 atom stereocenters. The number of benzene rings is 1. The van der Waals surface area contributed by atoms with E-state index in [0.717, 1.165) is 38.1 Å². The molecule has 1 saturated carbocycles. The fourth-order valence-electron chi connectivity index (χ4n) is 4.06. The lowest BCUT2D eigenvalue weighted by molar-refractivity contribution is 0.0923. The van der Waals surface area contributed by atoms with E-state index in [1.54, 1.807) is 0 Å². The van der Waals surface area contributed by atoms with E-state index in [4.69, 9.17) is 0 Å². The first-order chi connectivity index (χ1) is 11.8. The Morgan fingerprint density at radius 2 is 1.88 bits per heavy atom. The van der Waals surface area contributed by atoms with Gasteiger partial charge < -0.3 is 9.88 Å². The molecule has 1 aromatic carbocycles. The molecule has 4 nitrogen and oxygen atoms in total. The summed E-state index contributed by atoms with van der Waals surface area (Å²) in [6, 6.07) is 11.0. The minimum absolute atomic E-state index is 0.0000566. The maximum Gasteiger partial charge on any atom is 0.271 e. The van der Waals surface area contributed by atoms with Crippen molar-refractivity contribution in [1.82, 2.24) is 14.9 Å². The first kappa shape index (κ1) is 15.4. The fraction of sp³-hybridized carbons (Fsp3) is 0.500. The molecule has 2 aromatic rings. The van der Waals surface area contributed by atoms with Crippen LogP contribution in [0.5, 0.6) is 0 Å². The number of hydrogen-bond donors (Lipinski definition) is 1. The topological polar surface area (TPSA) is 46.9 Å². The number of imidazole rings is 1. The van der Waals surface area contributed by atoms with Gasteiger partial charge in [-0.3, -0.25) is 4.79 Å². The highest BCUT2D eigenvalue weighted by Crippen LogP contribution is 2.28. The Bertz CT molecular complexity index is 701. The van der Waals surface area contributed by atoms with Crippen molar-refractivity contribution in [2.75, 3.05) is 0 Å². The molecule has 2 heterocycles. The normalized spacial score (nSPS) is 21.2. The van der Waals surface area contributed by atoms with Crippen LogP contribution in [-0.2, 0) is 13.0 Å². The molecular formula is C20H25N3O. The van der Waals surface area contributed by atoms with Gasteiger partial charge in [0.1, 0.15) is 11.5 Å². The highest BCUT2D eigenvalue weighted by Gasteiger charge is 2.24. The van der Waals surface area contributed by atoms with Crippen molar-refractivity contribution in [1.29, 1.82) is 0 Å². The summed E-state index contributed by atoms with van der Waals surface area (Å²) in [6.45, 7) is 0.920. The van der Waals surface area contributed by atoms with Crippen LogP contribution < -0.4 is 5.32 Å². The number of rotatable bonds is 3. The van der Waals surface area contributed by atoms with Crippen LogP contribution in [0, 0.1) is 0 Å².